The molecule has 174 valence electrons. The van der Waals surface area contributed by atoms with E-state index in [9.17, 15) is 19.7 Å². The molecule has 2 aliphatic heterocycles. The normalized spacial score (nSPS) is 24.7. The maximum atomic E-state index is 13.4. The van der Waals surface area contributed by atoms with E-state index in [0.29, 0.717) is 34.6 Å². The van der Waals surface area contributed by atoms with Crippen LogP contribution in [-0.2, 0) is 9.53 Å². The summed E-state index contributed by atoms with van der Waals surface area (Å²) >= 11 is 0. The van der Waals surface area contributed by atoms with Gasteiger partial charge in [0.15, 0.2) is 0 Å². The standard InChI is InChI=1S/C27H25NO6/c1-15(2)7-6-12-27(3)20-14-33-21-11-10-16(28(31)32)13-19(21)22(20)23-25(30)24(29)17-8-4-5-9-18(17)26(23)34-27/h4-5,7-11,13,20,22H,6,12,14H2,1-3H3/t20-,22+,27+/m0/s1. The van der Waals surface area contributed by atoms with Crippen molar-refractivity contribution >= 4 is 23.0 Å². The molecule has 0 N–H and O–H groups in total. The molecule has 0 amide bonds. The van der Waals surface area contributed by atoms with Gasteiger partial charge in [0.25, 0.3) is 5.69 Å². The van der Waals surface area contributed by atoms with Gasteiger partial charge in [-0.1, -0.05) is 35.9 Å². The second-order valence-electron chi connectivity index (χ2n) is 9.56. The van der Waals surface area contributed by atoms with Crippen LogP contribution in [0.2, 0.25) is 0 Å². The third kappa shape index (κ3) is 3.34. The predicted octanol–water partition coefficient (Wildman–Crippen LogP) is 5.40. The van der Waals surface area contributed by atoms with E-state index in [4.69, 9.17) is 9.47 Å². The summed E-state index contributed by atoms with van der Waals surface area (Å²) in [6.45, 7) is 6.35. The van der Waals surface area contributed by atoms with E-state index < -0.39 is 28.0 Å². The number of allylic oxidation sites excluding steroid dienone is 3. The van der Waals surface area contributed by atoms with Gasteiger partial charge in [0, 0.05) is 40.7 Å². The van der Waals surface area contributed by atoms with Crippen LogP contribution in [0.25, 0.3) is 5.76 Å². The van der Waals surface area contributed by atoms with Crippen LogP contribution < -0.4 is 4.74 Å². The molecule has 2 heterocycles. The first-order chi connectivity index (χ1) is 16.2. The Kier molecular flexibility index (Phi) is 5.15. The van der Waals surface area contributed by atoms with Crippen LogP contribution in [0.4, 0.5) is 5.69 Å². The minimum Gasteiger partial charge on any atom is -0.493 e. The molecule has 2 aromatic rings. The summed E-state index contributed by atoms with van der Waals surface area (Å²) in [5, 5.41) is 11.5. The third-order valence-corrected chi connectivity index (χ3v) is 7.10. The van der Waals surface area contributed by atoms with Crippen molar-refractivity contribution in [1.29, 1.82) is 0 Å². The molecule has 0 saturated heterocycles. The van der Waals surface area contributed by atoms with Gasteiger partial charge in [-0.3, -0.25) is 19.7 Å². The average molecular weight is 459 g/mol. The Morgan fingerprint density at radius 1 is 1.15 bits per heavy atom. The van der Waals surface area contributed by atoms with E-state index in [1.54, 1.807) is 24.3 Å². The highest BCUT2D eigenvalue weighted by atomic mass is 16.6. The maximum Gasteiger partial charge on any atom is 0.269 e. The number of nitro groups is 1. The first-order valence-corrected chi connectivity index (χ1v) is 11.4. The summed E-state index contributed by atoms with van der Waals surface area (Å²) in [5.74, 6) is -1.15. The first kappa shape index (κ1) is 22.1. The lowest BCUT2D eigenvalue weighted by Gasteiger charge is -2.50. The van der Waals surface area contributed by atoms with Crippen LogP contribution in [0.1, 0.15) is 61.0 Å². The highest BCUT2D eigenvalue weighted by Gasteiger charge is 2.55. The fourth-order valence-corrected chi connectivity index (χ4v) is 5.36. The molecule has 0 aromatic heterocycles. The number of Topliss-reactive ketones (excluding diaryl/α,β-unsaturated/α-hetero) is 2. The Labute approximate surface area is 197 Å². The summed E-state index contributed by atoms with van der Waals surface area (Å²) in [6.07, 6.45) is 3.56. The maximum absolute atomic E-state index is 13.4. The van der Waals surface area contributed by atoms with Crippen molar-refractivity contribution in [3.63, 3.8) is 0 Å². The third-order valence-electron chi connectivity index (χ3n) is 7.10. The summed E-state index contributed by atoms with van der Waals surface area (Å²) in [6, 6.07) is 11.4. The number of benzene rings is 2. The van der Waals surface area contributed by atoms with Crippen molar-refractivity contribution < 1.29 is 24.0 Å². The Hall–Kier alpha value is -3.74. The molecule has 0 unspecified atom stereocenters. The zero-order chi connectivity index (χ0) is 24.2. The number of fused-ring (bicyclic) bond motifs is 6. The second-order valence-corrected chi connectivity index (χ2v) is 9.56. The van der Waals surface area contributed by atoms with Crippen LogP contribution in [0.15, 0.2) is 59.7 Å². The number of non-ortho nitro benzene ring substituents is 1. The monoisotopic (exact) mass is 459 g/mol. The Morgan fingerprint density at radius 3 is 2.59 bits per heavy atom. The molecule has 7 heteroatoms. The Balaban J connectivity index is 1.75. The van der Waals surface area contributed by atoms with Crippen LogP contribution >= 0.6 is 0 Å². The minimum atomic E-state index is -0.717. The number of carbonyl (C=O) groups is 2. The van der Waals surface area contributed by atoms with Gasteiger partial charge in [0.05, 0.1) is 17.1 Å². The molecule has 0 fully saturated rings. The summed E-state index contributed by atoms with van der Waals surface area (Å²) in [5.41, 5.74) is 2.13. The molecule has 3 aliphatic rings. The fourth-order valence-electron chi connectivity index (χ4n) is 5.36. The van der Waals surface area contributed by atoms with E-state index in [0.717, 1.165) is 6.42 Å². The highest BCUT2D eigenvalue weighted by Crippen LogP contribution is 2.56. The van der Waals surface area contributed by atoms with Gasteiger partial charge in [0.2, 0.25) is 11.6 Å². The Morgan fingerprint density at radius 2 is 1.88 bits per heavy atom. The summed E-state index contributed by atoms with van der Waals surface area (Å²) < 4.78 is 12.7. The first-order valence-electron chi connectivity index (χ1n) is 11.4. The van der Waals surface area contributed by atoms with Crippen LogP contribution in [0.5, 0.6) is 5.75 Å². The van der Waals surface area contributed by atoms with E-state index in [1.807, 2.05) is 26.8 Å². The van der Waals surface area contributed by atoms with E-state index in [2.05, 4.69) is 6.08 Å². The second kappa shape index (κ2) is 7.94. The molecule has 3 atom stereocenters. The van der Waals surface area contributed by atoms with Gasteiger partial charge in [0.1, 0.15) is 17.1 Å². The molecule has 0 spiro atoms. The van der Waals surface area contributed by atoms with Gasteiger partial charge in [-0.25, -0.2) is 0 Å². The fraction of sp³-hybridized carbons (Fsp3) is 0.333. The molecule has 7 nitrogen and oxygen atoms in total. The van der Waals surface area contributed by atoms with Crippen molar-refractivity contribution in [2.75, 3.05) is 6.61 Å². The number of hydrogen-bond donors (Lipinski definition) is 0. The molecule has 0 radical (unpaired) electrons. The number of hydrogen-bond acceptors (Lipinski definition) is 6. The van der Waals surface area contributed by atoms with Gasteiger partial charge in [-0.15, -0.1) is 0 Å². The number of nitro benzene ring substituents is 1. The predicted molar refractivity (Wildman–Crippen MR) is 126 cm³/mol. The van der Waals surface area contributed by atoms with Crippen molar-refractivity contribution in [2.45, 2.75) is 45.1 Å². The molecule has 1 aliphatic carbocycles. The smallest absolute Gasteiger partial charge is 0.269 e. The van der Waals surface area contributed by atoms with Gasteiger partial charge in [-0.05, 0) is 39.7 Å². The van der Waals surface area contributed by atoms with E-state index >= 15 is 0 Å². The zero-order valence-electron chi connectivity index (χ0n) is 19.3. The van der Waals surface area contributed by atoms with Crippen molar-refractivity contribution in [2.24, 2.45) is 5.92 Å². The van der Waals surface area contributed by atoms with Crippen LogP contribution in [0, 0.1) is 16.0 Å². The van der Waals surface area contributed by atoms with Crippen LogP contribution in [-0.4, -0.2) is 28.7 Å². The minimum absolute atomic E-state index is 0.0853. The molecular formula is C27H25NO6. The molecule has 34 heavy (non-hydrogen) atoms. The van der Waals surface area contributed by atoms with Crippen molar-refractivity contribution in [3.05, 3.63) is 86.5 Å². The molecule has 2 aromatic carbocycles. The van der Waals surface area contributed by atoms with Gasteiger partial charge >= 0.3 is 0 Å². The molecule has 0 bridgehead atoms. The summed E-state index contributed by atoms with van der Waals surface area (Å²) in [7, 11) is 0. The number of ketones is 2. The number of nitrogens with zero attached hydrogens (tertiary/aromatic N) is 1. The number of ether oxygens (including phenoxy) is 2. The highest BCUT2D eigenvalue weighted by molar-refractivity contribution is 6.52. The molecule has 0 saturated carbocycles. The lowest BCUT2D eigenvalue weighted by molar-refractivity contribution is -0.385. The summed E-state index contributed by atoms with van der Waals surface area (Å²) in [4.78, 5) is 37.6. The largest absolute Gasteiger partial charge is 0.493 e. The SMILES string of the molecule is CC(C)=CCC[C@@]1(C)OC2=C(C(=O)C(=O)c3ccccc32)[C@@H]2c3cc([N+](=O)[O-])ccc3OC[C@@H]21. The van der Waals surface area contributed by atoms with Gasteiger partial charge < -0.3 is 9.47 Å². The lowest BCUT2D eigenvalue weighted by Crippen LogP contribution is -2.51. The topological polar surface area (TPSA) is 95.7 Å². The van der Waals surface area contributed by atoms with E-state index in [1.165, 1.54) is 17.7 Å². The zero-order valence-corrected chi connectivity index (χ0v) is 19.3. The number of rotatable bonds is 4. The van der Waals surface area contributed by atoms with Crippen LogP contribution in [0.3, 0.4) is 0 Å². The number of carbonyl (C=O) groups excluding carboxylic acids is 2. The quantitative estimate of drug-likeness (QED) is 0.263. The van der Waals surface area contributed by atoms with Crippen molar-refractivity contribution in [1.82, 2.24) is 0 Å². The average Bonchev–Trinajstić information content (AvgIpc) is 2.81. The Bertz CT molecular complexity index is 1300. The van der Waals surface area contributed by atoms with Crippen molar-refractivity contribution in [3.8, 4) is 5.75 Å². The van der Waals surface area contributed by atoms with Gasteiger partial charge in [-0.2, -0.15) is 0 Å². The lowest BCUT2D eigenvalue weighted by atomic mass is 9.65. The van der Waals surface area contributed by atoms with E-state index in [-0.39, 0.29) is 23.8 Å². The molecule has 5 rings (SSSR count). The molecular weight excluding hydrogens is 434 g/mol.